The minimum Gasteiger partial charge on any atom is -0.462 e. The van der Waals surface area contributed by atoms with E-state index in [1.165, 1.54) is 25.7 Å². The molecule has 2 fully saturated rings. The Balaban J connectivity index is 1.81. The van der Waals surface area contributed by atoms with Crippen LogP contribution in [-0.2, 0) is 9.53 Å². The minimum atomic E-state index is -0.00669. The van der Waals surface area contributed by atoms with Crippen LogP contribution in [0.15, 0.2) is 0 Å². The molecule has 2 rings (SSSR count). The van der Waals surface area contributed by atoms with Gasteiger partial charge in [0.15, 0.2) is 0 Å². The fourth-order valence-electron chi connectivity index (χ4n) is 3.43. The van der Waals surface area contributed by atoms with Crippen molar-refractivity contribution in [1.29, 1.82) is 0 Å². The van der Waals surface area contributed by atoms with Crippen molar-refractivity contribution < 1.29 is 9.53 Å². The Kier molecular flexibility index (Phi) is 3.32. The Morgan fingerprint density at radius 3 is 2.73 bits per heavy atom. The lowest BCUT2D eigenvalue weighted by atomic mass is 9.85. The topological polar surface area (TPSA) is 26.3 Å². The summed E-state index contributed by atoms with van der Waals surface area (Å²) in [6.45, 7) is 4.10. The van der Waals surface area contributed by atoms with E-state index >= 15 is 0 Å². The molecule has 2 bridgehead atoms. The number of carbonyl (C=O) groups is 1. The summed E-state index contributed by atoms with van der Waals surface area (Å²) in [5.41, 5.74) is 0. The Hall–Kier alpha value is -0.530. The molecule has 2 nitrogen and oxygen atoms in total. The fourth-order valence-corrected chi connectivity index (χ4v) is 3.43. The smallest absolute Gasteiger partial charge is 0.306 e. The van der Waals surface area contributed by atoms with Gasteiger partial charge in [-0.05, 0) is 50.4 Å². The van der Waals surface area contributed by atoms with Crippen LogP contribution in [0.25, 0.3) is 0 Å². The van der Waals surface area contributed by atoms with Crippen LogP contribution < -0.4 is 0 Å². The van der Waals surface area contributed by atoms with Crippen LogP contribution >= 0.6 is 0 Å². The van der Waals surface area contributed by atoms with Gasteiger partial charge in [0.25, 0.3) is 0 Å². The van der Waals surface area contributed by atoms with Gasteiger partial charge in [-0.2, -0.15) is 0 Å². The third-order valence-corrected chi connectivity index (χ3v) is 4.17. The van der Waals surface area contributed by atoms with E-state index in [0.29, 0.717) is 12.3 Å². The molecule has 0 radical (unpaired) electrons. The standard InChI is InChI=1S/C13H22O2/c1-3-4-13(14)15-9(2)12-8-10-5-6-11(12)7-10/h9-12H,3-8H2,1-2H3. The van der Waals surface area contributed by atoms with Gasteiger partial charge in [-0.15, -0.1) is 0 Å². The van der Waals surface area contributed by atoms with Crippen molar-refractivity contribution in [2.75, 3.05) is 0 Å². The van der Waals surface area contributed by atoms with Crippen molar-refractivity contribution in [3.8, 4) is 0 Å². The van der Waals surface area contributed by atoms with Gasteiger partial charge in [-0.1, -0.05) is 13.3 Å². The molecule has 4 atom stereocenters. The van der Waals surface area contributed by atoms with Crippen LogP contribution in [0, 0.1) is 17.8 Å². The molecule has 0 N–H and O–H groups in total. The normalized spacial score (nSPS) is 35.5. The number of rotatable bonds is 4. The molecule has 86 valence electrons. The summed E-state index contributed by atoms with van der Waals surface area (Å²) < 4.78 is 5.49. The molecule has 0 aromatic rings. The van der Waals surface area contributed by atoms with Gasteiger partial charge in [0, 0.05) is 6.42 Å². The first-order chi connectivity index (χ1) is 7.20. The predicted molar refractivity (Wildman–Crippen MR) is 59.4 cm³/mol. The summed E-state index contributed by atoms with van der Waals surface area (Å²) in [5, 5.41) is 0. The third kappa shape index (κ3) is 2.35. The number of hydrogen-bond donors (Lipinski definition) is 0. The van der Waals surface area contributed by atoms with Crippen molar-refractivity contribution >= 4 is 5.97 Å². The van der Waals surface area contributed by atoms with Crippen molar-refractivity contribution in [3.63, 3.8) is 0 Å². The SMILES string of the molecule is CCCC(=O)OC(C)C1CC2CCC1C2. The zero-order valence-corrected chi connectivity index (χ0v) is 9.87. The second-order valence-electron chi connectivity index (χ2n) is 5.28. The summed E-state index contributed by atoms with van der Waals surface area (Å²) in [5.74, 6) is 2.43. The highest BCUT2D eigenvalue weighted by molar-refractivity contribution is 5.69. The fraction of sp³-hybridized carbons (Fsp3) is 0.923. The lowest BCUT2D eigenvalue weighted by Gasteiger charge is -2.27. The van der Waals surface area contributed by atoms with Gasteiger partial charge in [-0.3, -0.25) is 4.79 Å². The van der Waals surface area contributed by atoms with Crippen molar-refractivity contribution in [2.24, 2.45) is 17.8 Å². The van der Waals surface area contributed by atoms with Crippen LogP contribution in [0.3, 0.4) is 0 Å². The summed E-state index contributed by atoms with van der Waals surface area (Å²) in [4.78, 5) is 11.4. The van der Waals surface area contributed by atoms with Crippen LogP contribution in [0.5, 0.6) is 0 Å². The molecule has 2 aliphatic rings. The van der Waals surface area contributed by atoms with E-state index in [1.54, 1.807) is 0 Å². The first kappa shape index (κ1) is 11.0. The largest absolute Gasteiger partial charge is 0.462 e. The number of carbonyl (C=O) groups excluding carboxylic acids is 1. The van der Waals surface area contributed by atoms with Crippen molar-refractivity contribution in [2.45, 2.75) is 58.5 Å². The van der Waals surface area contributed by atoms with Crippen LogP contribution in [0.2, 0.25) is 0 Å². The summed E-state index contributed by atoms with van der Waals surface area (Å²) in [7, 11) is 0. The molecule has 0 aliphatic heterocycles. The molecule has 2 saturated carbocycles. The maximum Gasteiger partial charge on any atom is 0.306 e. The highest BCUT2D eigenvalue weighted by Gasteiger charge is 2.42. The Labute approximate surface area is 92.4 Å². The predicted octanol–water partition coefficient (Wildman–Crippen LogP) is 3.15. The average molecular weight is 210 g/mol. The molecular weight excluding hydrogens is 188 g/mol. The summed E-state index contributed by atoms with van der Waals surface area (Å²) in [6, 6.07) is 0. The van der Waals surface area contributed by atoms with Gasteiger partial charge < -0.3 is 4.74 Å². The zero-order chi connectivity index (χ0) is 10.8. The van der Waals surface area contributed by atoms with Crippen LogP contribution in [-0.4, -0.2) is 12.1 Å². The van der Waals surface area contributed by atoms with Gasteiger partial charge >= 0.3 is 5.97 Å². The quantitative estimate of drug-likeness (QED) is 0.666. The monoisotopic (exact) mass is 210 g/mol. The summed E-state index contributed by atoms with van der Waals surface area (Å²) in [6.07, 6.45) is 7.08. The summed E-state index contributed by atoms with van der Waals surface area (Å²) >= 11 is 0. The van der Waals surface area contributed by atoms with Crippen LogP contribution in [0.1, 0.15) is 52.4 Å². The maximum atomic E-state index is 11.4. The highest BCUT2D eigenvalue weighted by Crippen LogP contribution is 2.50. The molecule has 0 aromatic heterocycles. The number of ether oxygens (including phenoxy) is 1. The Morgan fingerprint density at radius 2 is 2.20 bits per heavy atom. The molecule has 0 spiro atoms. The van der Waals surface area contributed by atoms with E-state index in [0.717, 1.165) is 18.3 Å². The molecule has 0 heterocycles. The van der Waals surface area contributed by atoms with Crippen LogP contribution in [0.4, 0.5) is 0 Å². The lowest BCUT2D eigenvalue weighted by molar-refractivity contribution is -0.151. The Morgan fingerprint density at radius 1 is 1.40 bits per heavy atom. The van der Waals surface area contributed by atoms with Gasteiger partial charge in [0.05, 0.1) is 0 Å². The highest BCUT2D eigenvalue weighted by atomic mass is 16.5. The first-order valence-corrected chi connectivity index (χ1v) is 6.40. The average Bonchev–Trinajstić information content (AvgIpc) is 2.78. The molecule has 0 amide bonds. The van der Waals surface area contributed by atoms with Gasteiger partial charge in [0.2, 0.25) is 0 Å². The third-order valence-electron chi connectivity index (χ3n) is 4.17. The lowest BCUT2D eigenvalue weighted by Crippen LogP contribution is -2.28. The number of esters is 1. The molecule has 4 unspecified atom stereocenters. The number of hydrogen-bond acceptors (Lipinski definition) is 2. The molecular formula is C13H22O2. The second-order valence-corrected chi connectivity index (χ2v) is 5.28. The number of fused-ring (bicyclic) bond motifs is 2. The first-order valence-electron chi connectivity index (χ1n) is 6.40. The maximum absolute atomic E-state index is 11.4. The van der Waals surface area contributed by atoms with Gasteiger partial charge in [0.1, 0.15) is 6.10 Å². The van der Waals surface area contributed by atoms with Gasteiger partial charge in [-0.25, -0.2) is 0 Å². The molecule has 15 heavy (non-hydrogen) atoms. The molecule has 2 heteroatoms. The molecule has 0 saturated heterocycles. The van der Waals surface area contributed by atoms with E-state index < -0.39 is 0 Å². The van der Waals surface area contributed by atoms with E-state index in [-0.39, 0.29) is 12.1 Å². The zero-order valence-electron chi connectivity index (χ0n) is 9.87. The second kappa shape index (κ2) is 4.54. The molecule has 0 aromatic carbocycles. The van der Waals surface area contributed by atoms with Crippen molar-refractivity contribution in [3.05, 3.63) is 0 Å². The van der Waals surface area contributed by atoms with Crippen molar-refractivity contribution in [1.82, 2.24) is 0 Å². The van der Waals surface area contributed by atoms with E-state index in [2.05, 4.69) is 6.92 Å². The molecule has 2 aliphatic carbocycles. The Bertz CT molecular complexity index is 237. The van der Waals surface area contributed by atoms with E-state index in [1.807, 2.05) is 6.92 Å². The van der Waals surface area contributed by atoms with E-state index in [4.69, 9.17) is 4.74 Å². The van der Waals surface area contributed by atoms with E-state index in [9.17, 15) is 4.79 Å². The minimum absolute atomic E-state index is 0.00669.